The predicted octanol–water partition coefficient (Wildman–Crippen LogP) is 0.401. The van der Waals surface area contributed by atoms with Crippen molar-refractivity contribution in [3.63, 3.8) is 0 Å². The van der Waals surface area contributed by atoms with Crippen molar-refractivity contribution in [2.75, 3.05) is 13.2 Å². The third kappa shape index (κ3) is 4.28. The summed E-state index contributed by atoms with van der Waals surface area (Å²) in [5.74, 6) is -0.769. The van der Waals surface area contributed by atoms with E-state index in [1.54, 1.807) is 19.1 Å². The van der Waals surface area contributed by atoms with E-state index in [0.29, 0.717) is 37.3 Å². The van der Waals surface area contributed by atoms with Gasteiger partial charge in [-0.25, -0.2) is 4.79 Å². The van der Waals surface area contributed by atoms with Crippen molar-refractivity contribution in [3.8, 4) is 0 Å². The summed E-state index contributed by atoms with van der Waals surface area (Å²) in [6.45, 7) is 2.64. The number of rotatable bonds is 5. The molecule has 2 N–H and O–H groups in total. The van der Waals surface area contributed by atoms with Gasteiger partial charge in [-0.15, -0.1) is 0 Å². The zero-order valence-corrected chi connectivity index (χ0v) is 12.4. The van der Waals surface area contributed by atoms with Gasteiger partial charge in [0.15, 0.2) is 0 Å². The number of carbonyl (C=O) groups excluding carboxylic acids is 3. The number of nitrogens with zero attached hydrogens (tertiary/aromatic N) is 1. The molecule has 2 amide bonds. The van der Waals surface area contributed by atoms with Gasteiger partial charge in [0.25, 0.3) is 0 Å². The van der Waals surface area contributed by atoms with E-state index >= 15 is 0 Å². The van der Waals surface area contributed by atoms with Gasteiger partial charge < -0.3 is 15.4 Å². The monoisotopic (exact) mass is 305 g/mol. The molecule has 1 saturated heterocycles. The molecule has 1 aliphatic rings. The maximum atomic E-state index is 12.0. The maximum Gasteiger partial charge on any atom is 0.338 e. The Morgan fingerprint density at radius 3 is 3.00 bits per heavy atom. The molecule has 0 aromatic carbocycles. The summed E-state index contributed by atoms with van der Waals surface area (Å²) >= 11 is 0. The first kappa shape index (κ1) is 15.9. The summed E-state index contributed by atoms with van der Waals surface area (Å²) in [6, 6.07) is 3.17. The van der Waals surface area contributed by atoms with Crippen LogP contribution >= 0.6 is 0 Å². The van der Waals surface area contributed by atoms with Crippen LogP contribution < -0.4 is 10.6 Å². The highest BCUT2D eigenvalue weighted by Gasteiger charge is 2.24. The summed E-state index contributed by atoms with van der Waals surface area (Å²) in [5, 5.41) is 5.45. The first-order valence-electron chi connectivity index (χ1n) is 7.26. The fourth-order valence-electron chi connectivity index (χ4n) is 2.19. The largest absolute Gasteiger partial charge is 0.462 e. The Morgan fingerprint density at radius 1 is 1.50 bits per heavy atom. The Balaban J connectivity index is 1.88. The van der Waals surface area contributed by atoms with Crippen molar-refractivity contribution >= 4 is 17.8 Å². The number of carbonyl (C=O) groups is 3. The highest BCUT2D eigenvalue weighted by atomic mass is 16.5. The second-order valence-corrected chi connectivity index (χ2v) is 5.01. The summed E-state index contributed by atoms with van der Waals surface area (Å²) in [5.41, 5.74) is 0.991. The minimum absolute atomic E-state index is 0.0205. The van der Waals surface area contributed by atoms with Crippen LogP contribution in [0.3, 0.4) is 0 Å². The standard InChI is InChI=1S/C15H19N3O4/c1-2-22-15(21)10-5-6-16-12(7-10)9-18-14(20)11-3-4-13(19)17-8-11/h5-7,11H,2-4,8-9H2,1H3,(H,17,19)(H,18,20). The average Bonchev–Trinajstić information content (AvgIpc) is 2.54. The van der Waals surface area contributed by atoms with Crippen LogP contribution in [-0.4, -0.2) is 35.9 Å². The molecule has 118 valence electrons. The lowest BCUT2D eigenvalue weighted by Gasteiger charge is -2.21. The van der Waals surface area contributed by atoms with E-state index in [9.17, 15) is 14.4 Å². The number of pyridine rings is 1. The Bertz CT molecular complexity index is 564. The third-order valence-electron chi connectivity index (χ3n) is 3.41. The second-order valence-electron chi connectivity index (χ2n) is 5.01. The van der Waals surface area contributed by atoms with Gasteiger partial charge in [-0.2, -0.15) is 0 Å². The predicted molar refractivity (Wildman–Crippen MR) is 77.8 cm³/mol. The summed E-state index contributed by atoms with van der Waals surface area (Å²) in [6.07, 6.45) is 2.43. The number of amides is 2. The number of aromatic nitrogens is 1. The van der Waals surface area contributed by atoms with Crippen LogP contribution in [0.2, 0.25) is 0 Å². The van der Waals surface area contributed by atoms with E-state index in [1.807, 2.05) is 0 Å². The van der Waals surface area contributed by atoms with Gasteiger partial charge in [0.05, 0.1) is 30.3 Å². The van der Waals surface area contributed by atoms with Crippen molar-refractivity contribution in [1.29, 1.82) is 0 Å². The number of esters is 1. The van der Waals surface area contributed by atoms with Crippen molar-refractivity contribution in [3.05, 3.63) is 29.6 Å². The van der Waals surface area contributed by atoms with Gasteiger partial charge in [-0.1, -0.05) is 0 Å². The number of nitrogens with one attached hydrogen (secondary N) is 2. The van der Waals surface area contributed by atoms with Gasteiger partial charge in [-0.05, 0) is 25.5 Å². The third-order valence-corrected chi connectivity index (χ3v) is 3.41. The van der Waals surface area contributed by atoms with Gasteiger partial charge in [0, 0.05) is 19.2 Å². The molecule has 1 unspecified atom stereocenters. The molecule has 0 aliphatic carbocycles. The molecule has 1 fully saturated rings. The van der Waals surface area contributed by atoms with E-state index in [4.69, 9.17) is 4.74 Å². The molecule has 0 radical (unpaired) electrons. The second kappa shape index (κ2) is 7.53. The molecule has 1 aromatic heterocycles. The van der Waals surface area contributed by atoms with Crippen LogP contribution in [0.1, 0.15) is 35.8 Å². The zero-order chi connectivity index (χ0) is 15.9. The molecular weight excluding hydrogens is 286 g/mol. The molecule has 0 saturated carbocycles. The number of ether oxygens (including phenoxy) is 1. The van der Waals surface area contributed by atoms with E-state index < -0.39 is 5.97 Å². The number of piperidine rings is 1. The van der Waals surface area contributed by atoms with Gasteiger partial charge >= 0.3 is 5.97 Å². The topological polar surface area (TPSA) is 97.4 Å². The lowest BCUT2D eigenvalue weighted by Crippen LogP contribution is -2.42. The molecule has 2 heterocycles. The normalized spacial score (nSPS) is 17.5. The summed E-state index contributed by atoms with van der Waals surface area (Å²) in [4.78, 5) is 38.8. The Morgan fingerprint density at radius 2 is 2.32 bits per heavy atom. The number of hydrogen-bond acceptors (Lipinski definition) is 5. The van der Waals surface area contributed by atoms with Crippen LogP contribution in [0.15, 0.2) is 18.3 Å². The first-order chi connectivity index (χ1) is 10.6. The van der Waals surface area contributed by atoms with Crippen molar-refractivity contribution in [2.24, 2.45) is 5.92 Å². The molecule has 1 aliphatic heterocycles. The van der Waals surface area contributed by atoms with Crippen molar-refractivity contribution in [1.82, 2.24) is 15.6 Å². The van der Waals surface area contributed by atoms with Gasteiger partial charge in [-0.3, -0.25) is 14.6 Å². The highest BCUT2D eigenvalue weighted by Crippen LogP contribution is 2.11. The number of hydrogen-bond donors (Lipinski definition) is 2. The van der Waals surface area contributed by atoms with Gasteiger partial charge in [0.2, 0.25) is 11.8 Å². The Hall–Kier alpha value is -2.44. The fourth-order valence-corrected chi connectivity index (χ4v) is 2.19. The van der Waals surface area contributed by atoms with E-state index in [1.165, 1.54) is 6.20 Å². The van der Waals surface area contributed by atoms with Crippen LogP contribution in [0, 0.1) is 5.92 Å². The molecule has 2 rings (SSSR count). The molecule has 22 heavy (non-hydrogen) atoms. The van der Waals surface area contributed by atoms with Crippen LogP contribution in [0.25, 0.3) is 0 Å². The molecule has 0 bridgehead atoms. The van der Waals surface area contributed by atoms with Crippen molar-refractivity contribution in [2.45, 2.75) is 26.3 Å². The smallest absolute Gasteiger partial charge is 0.338 e. The van der Waals surface area contributed by atoms with E-state index in [2.05, 4.69) is 15.6 Å². The SMILES string of the molecule is CCOC(=O)c1ccnc(CNC(=O)C2CCC(=O)NC2)c1. The molecule has 1 atom stereocenters. The molecule has 7 nitrogen and oxygen atoms in total. The lowest BCUT2D eigenvalue weighted by atomic mass is 9.98. The summed E-state index contributed by atoms with van der Waals surface area (Å²) in [7, 11) is 0. The maximum absolute atomic E-state index is 12.0. The minimum atomic E-state index is -0.410. The van der Waals surface area contributed by atoms with Crippen LogP contribution in [-0.2, 0) is 20.9 Å². The Kier molecular flexibility index (Phi) is 5.46. The van der Waals surface area contributed by atoms with Crippen LogP contribution in [0.4, 0.5) is 0 Å². The highest BCUT2D eigenvalue weighted by molar-refractivity contribution is 5.89. The lowest BCUT2D eigenvalue weighted by molar-refractivity contribution is -0.129. The molecule has 7 heteroatoms. The van der Waals surface area contributed by atoms with Crippen molar-refractivity contribution < 1.29 is 19.1 Å². The van der Waals surface area contributed by atoms with Gasteiger partial charge in [0.1, 0.15) is 0 Å². The molecule has 1 aromatic rings. The average molecular weight is 305 g/mol. The molecule has 0 spiro atoms. The Labute approximate surface area is 128 Å². The first-order valence-corrected chi connectivity index (χ1v) is 7.26. The fraction of sp³-hybridized carbons (Fsp3) is 0.467. The molecular formula is C15H19N3O4. The van der Waals surface area contributed by atoms with E-state index in [0.717, 1.165) is 0 Å². The van der Waals surface area contributed by atoms with E-state index in [-0.39, 0.29) is 24.3 Å². The van der Waals surface area contributed by atoms with Crippen LogP contribution in [0.5, 0.6) is 0 Å². The minimum Gasteiger partial charge on any atom is -0.462 e. The quantitative estimate of drug-likeness (QED) is 0.768. The summed E-state index contributed by atoms with van der Waals surface area (Å²) < 4.78 is 4.92. The zero-order valence-electron chi connectivity index (χ0n) is 12.4.